The molecule has 0 heterocycles. The van der Waals surface area contributed by atoms with Crippen LogP contribution in [0.1, 0.15) is 16.7 Å². The molecule has 0 saturated carbocycles. The number of carbonyl (C=O) groups excluding carboxylic acids is 1. The molecule has 0 N–H and O–H groups in total. The van der Waals surface area contributed by atoms with Gasteiger partial charge in [0.1, 0.15) is 12.4 Å². The molecule has 3 nitrogen and oxygen atoms in total. The van der Waals surface area contributed by atoms with Gasteiger partial charge in [-0.15, -0.1) is 0 Å². The Morgan fingerprint density at radius 1 is 1.14 bits per heavy atom. The third kappa shape index (κ3) is 4.80. The predicted octanol–water partition coefficient (Wildman–Crippen LogP) is 3.76. The minimum absolute atomic E-state index is 0.366. The summed E-state index contributed by atoms with van der Waals surface area (Å²) in [5.74, 6) is 0.432. The maximum atomic E-state index is 11.0. The van der Waals surface area contributed by atoms with E-state index in [1.807, 2.05) is 36.4 Å². The average Bonchev–Trinajstić information content (AvgIpc) is 2.51. The van der Waals surface area contributed by atoms with E-state index in [4.69, 9.17) is 4.74 Å². The number of methoxy groups -OCH3 is 1. The van der Waals surface area contributed by atoms with Crippen LogP contribution in [-0.2, 0) is 16.1 Å². The summed E-state index contributed by atoms with van der Waals surface area (Å²) < 4.78 is 10.3. The maximum absolute atomic E-state index is 11.0. The van der Waals surface area contributed by atoms with Crippen LogP contribution in [0.2, 0.25) is 0 Å². The molecule has 0 spiro atoms. The van der Waals surface area contributed by atoms with Gasteiger partial charge in [-0.2, -0.15) is 0 Å². The second-order valence-electron chi connectivity index (χ2n) is 4.70. The molecule has 0 unspecified atom stereocenters. The average molecular weight is 282 g/mol. The fraction of sp³-hybridized carbons (Fsp3) is 0.167. The molecule has 0 saturated heterocycles. The summed E-state index contributed by atoms with van der Waals surface area (Å²) in [6, 6.07) is 15.8. The van der Waals surface area contributed by atoms with Crippen LogP contribution >= 0.6 is 0 Å². The number of ether oxygens (including phenoxy) is 2. The zero-order chi connectivity index (χ0) is 15.1. The van der Waals surface area contributed by atoms with Gasteiger partial charge in [0.05, 0.1) is 7.11 Å². The molecule has 0 aliphatic heterocycles. The summed E-state index contributed by atoms with van der Waals surface area (Å²) in [6.07, 6.45) is 3.10. The van der Waals surface area contributed by atoms with Crippen LogP contribution in [0.4, 0.5) is 0 Å². The first-order valence-corrected chi connectivity index (χ1v) is 6.72. The molecular weight excluding hydrogens is 264 g/mol. The number of hydrogen-bond acceptors (Lipinski definition) is 3. The Kier molecular flexibility index (Phi) is 5.16. The Bertz CT molecular complexity index is 627. The lowest BCUT2D eigenvalue weighted by atomic mass is 10.1. The van der Waals surface area contributed by atoms with Gasteiger partial charge in [-0.1, -0.05) is 42.0 Å². The Morgan fingerprint density at radius 2 is 1.90 bits per heavy atom. The molecule has 0 atom stereocenters. The molecule has 0 bridgehead atoms. The van der Waals surface area contributed by atoms with Gasteiger partial charge < -0.3 is 9.47 Å². The molecule has 2 rings (SSSR count). The van der Waals surface area contributed by atoms with Crippen molar-refractivity contribution in [2.75, 3.05) is 7.11 Å². The first-order valence-electron chi connectivity index (χ1n) is 6.72. The molecular formula is C18H18O3. The van der Waals surface area contributed by atoms with E-state index in [1.165, 1.54) is 18.7 Å². The van der Waals surface area contributed by atoms with E-state index in [0.29, 0.717) is 6.61 Å². The van der Waals surface area contributed by atoms with Crippen LogP contribution in [0.25, 0.3) is 6.08 Å². The maximum Gasteiger partial charge on any atom is 0.330 e. The van der Waals surface area contributed by atoms with Crippen molar-refractivity contribution in [3.05, 3.63) is 71.3 Å². The topological polar surface area (TPSA) is 35.5 Å². The van der Waals surface area contributed by atoms with Crippen LogP contribution in [0.3, 0.4) is 0 Å². The van der Waals surface area contributed by atoms with Gasteiger partial charge in [0.25, 0.3) is 0 Å². The number of aryl methyl sites for hydroxylation is 1. The lowest BCUT2D eigenvalue weighted by Crippen LogP contribution is -1.95. The number of hydrogen-bond donors (Lipinski definition) is 0. The van der Waals surface area contributed by atoms with Crippen LogP contribution in [0, 0.1) is 6.92 Å². The highest BCUT2D eigenvalue weighted by atomic mass is 16.5. The number of benzene rings is 2. The fourth-order valence-electron chi connectivity index (χ4n) is 1.88. The third-order valence-corrected chi connectivity index (χ3v) is 2.98. The van der Waals surface area contributed by atoms with Crippen molar-refractivity contribution in [2.24, 2.45) is 0 Å². The summed E-state index contributed by atoms with van der Waals surface area (Å²) >= 11 is 0. The lowest BCUT2D eigenvalue weighted by molar-refractivity contribution is -0.134. The summed E-state index contributed by atoms with van der Waals surface area (Å²) in [5, 5.41) is 0. The Labute approximate surface area is 124 Å². The van der Waals surface area contributed by atoms with Crippen molar-refractivity contribution in [2.45, 2.75) is 13.5 Å². The van der Waals surface area contributed by atoms with Crippen molar-refractivity contribution >= 4 is 12.0 Å². The monoisotopic (exact) mass is 282 g/mol. The fourth-order valence-corrected chi connectivity index (χ4v) is 1.88. The van der Waals surface area contributed by atoms with Crippen LogP contribution < -0.4 is 4.74 Å². The molecule has 108 valence electrons. The van der Waals surface area contributed by atoms with Gasteiger partial charge in [0.15, 0.2) is 0 Å². The Hall–Kier alpha value is -2.55. The van der Waals surface area contributed by atoms with Crippen molar-refractivity contribution in [3.8, 4) is 5.75 Å². The minimum Gasteiger partial charge on any atom is -0.489 e. The van der Waals surface area contributed by atoms with E-state index in [1.54, 1.807) is 6.08 Å². The highest BCUT2D eigenvalue weighted by molar-refractivity contribution is 5.86. The third-order valence-electron chi connectivity index (χ3n) is 2.98. The van der Waals surface area contributed by atoms with Crippen LogP contribution in [0.5, 0.6) is 5.75 Å². The van der Waals surface area contributed by atoms with E-state index in [-0.39, 0.29) is 5.97 Å². The van der Waals surface area contributed by atoms with Crippen molar-refractivity contribution in [3.63, 3.8) is 0 Å². The van der Waals surface area contributed by atoms with Gasteiger partial charge in [-0.25, -0.2) is 4.79 Å². The molecule has 0 amide bonds. The Morgan fingerprint density at radius 3 is 2.57 bits per heavy atom. The second-order valence-corrected chi connectivity index (χ2v) is 4.70. The van der Waals surface area contributed by atoms with E-state index in [2.05, 4.69) is 23.8 Å². The number of esters is 1. The number of rotatable bonds is 5. The van der Waals surface area contributed by atoms with Crippen molar-refractivity contribution in [1.82, 2.24) is 0 Å². The molecule has 2 aromatic carbocycles. The van der Waals surface area contributed by atoms with Gasteiger partial charge in [-0.05, 0) is 36.3 Å². The zero-order valence-corrected chi connectivity index (χ0v) is 12.2. The SMILES string of the molecule is COC(=O)C=Cc1ccc(OCc2cccc(C)c2)cc1. The quantitative estimate of drug-likeness (QED) is 0.618. The smallest absolute Gasteiger partial charge is 0.330 e. The molecule has 0 aromatic heterocycles. The Balaban J connectivity index is 1.93. The molecule has 0 fully saturated rings. The number of carbonyl (C=O) groups is 1. The van der Waals surface area contributed by atoms with Crippen molar-refractivity contribution in [1.29, 1.82) is 0 Å². The molecule has 21 heavy (non-hydrogen) atoms. The summed E-state index contributed by atoms with van der Waals surface area (Å²) in [6.45, 7) is 2.60. The lowest BCUT2D eigenvalue weighted by Gasteiger charge is -2.07. The van der Waals surface area contributed by atoms with Gasteiger partial charge in [0.2, 0.25) is 0 Å². The molecule has 0 radical (unpaired) electrons. The van der Waals surface area contributed by atoms with Gasteiger partial charge in [0, 0.05) is 6.08 Å². The first-order chi connectivity index (χ1) is 10.2. The highest BCUT2D eigenvalue weighted by Gasteiger charge is 1.97. The highest BCUT2D eigenvalue weighted by Crippen LogP contribution is 2.15. The molecule has 0 aliphatic rings. The molecule has 2 aromatic rings. The standard InChI is InChI=1S/C18H18O3/c1-14-4-3-5-16(12-14)13-21-17-9-6-15(7-10-17)8-11-18(19)20-2/h3-12H,13H2,1-2H3. The predicted molar refractivity (Wildman–Crippen MR) is 83.0 cm³/mol. The first kappa shape index (κ1) is 14.9. The second kappa shape index (κ2) is 7.29. The van der Waals surface area contributed by atoms with Crippen LogP contribution in [0.15, 0.2) is 54.6 Å². The largest absolute Gasteiger partial charge is 0.489 e. The zero-order valence-electron chi connectivity index (χ0n) is 12.2. The summed E-state index contributed by atoms with van der Waals surface area (Å²) in [7, 11) is 1.36. The van der Waals surface area contributed by atoms with Gasteiger partial charge >= 0.3 is 5.97 Å². The minimum atomic E-state index is -0.366. The van der Waals surface area contributed by atoms with Crippen LogP contribution in [-0.4, -0.2) is 13.1 Å². The molecule has 0 aliphatic carbocycles. The van der Waals surface area contributed by atoms with Gasteiger partial charge in [-0.3, -0.25) is 0 Å². The van der Waals surface area contributed by atoms with E-state index in [0.717, 1.165) is 16.9 Å². The normalized spacial score (nSPS) is 10.6. The van der Waals surface area contributed by atoms with Crippen molar-refractivity contribution < 1.29 is 14.3 Å². The van der Waals surface area contributed by atoms with E-state index < -0.39 is 0 Å². The summed E-state index contributed by atoms with van der Waals surface area (Å²) in [4.78, 5) is 11.0. The van der Waals surface area contributed by atoms with E-state index >= 15 is 0 Å². The van der Waals surface area contributed by atoms with E-state index in [9.17, 15) is 4.79 Å². The molecule has 3 heteroatoms. The summed E-state index contributed by atoms with van der Waals surface area (Å²) in [5.41, 5.74) is 3.28.